The molecule has 2 aliphatic rings. The molecule has 0 aromatic carbocycles. The van der Waals surface area contributed by atoms with Crippen molar-refractivity contribution < 1.29 is 9.59 Å². The van der Waals surface area contributed by atoms with Crippen molar-refractivity contribution in [3.63, 3.8) is 0 Å². The van der Waals surface area contributed by atoms with E-state index in [1.54, 1.807) is 0 Å². The number of H-pyrrole nitrogens is 1. The summed E-state index contributed by atoms with van der Waals surface area (Å²) in [6.07, 6.45) is 5.18. The van der Waals surface area contributed by atoms with Gasteiger partial charge in [-0.3, -0.25) is 9.89 Å². The molecule has 3 heterocycles. The molecular formula is C18H29N5O2. The third-order valence-corrected chi connectivity index (χ3v) is 5.08. The van der Waals surface area contributed by atoms with Gasteiger partial charge in [0.25, 0.3) is 0 Å². The topological polar surface area (TPSA) is 81.3 Å². The number of fused-ring (bicyclic) bond motifs is 1. The molecule has 1 atom stereocenters. The number of nitrogens with one attached hydrogen (secondary N) is 2. The highest BCUT2D eigenvalue weighted by molar-refractivity contribution is 5.77. The number of likely N-dealkylation sites (tertiary alicyclic amines) is 1. The molecule has 1 unspecified atom stereocenters. The van der Waals surface area contributed by atoms with Crippen molar-refractivity contribution in [2.75, 3.05) is 26.2 Å². The molecule has 1 aromatic heterocycles. The molecule has 25 heavy (non-hydrogen) atoms. The van der Waals surface area contributed by atoms with Crippen LogP contribution < -0.4 is 5.32 Å². The molecule has 7 nitrogen and oxygen atoms in total. The second-order valence-corrected chi connectivity index (χ2v) is 7.68. The fourth-order valence-corrected chi connectivity index (χ4v) is 3.63. The largest absolute Gasteiger partial charge is 0.338 e. The Labute approximate surface area is 149 Å². The maximum absolute atomic E-state index is 12.7. The minimum absolute atomic E-state index is 0.00635. The summed E-state index contributed by atoms with van der Waals surface area (Å²) in [5.74, 6) is 0.899. The maximum Gasteiger partial charge on any atom is 0.317 e. The second-order valence-electron chi connectivity index (χ2n) is 7.68. The summed E-state index contributed by atoms with van der Waals surface area (Å²) in [6, 6.07) is 0.00635. The summed E-state index contributed by atoms with van der Waals surface area (Å²) in [6.45, 7) is 7.73. The Morgan fingerprint density at radius 3 is 3.00 bits per heavy atom. The van der Waals surface area contributed by atoms with Gasteiger partial charge in [-0.1, -0.05) is 13.8 Å². The monoisotopic (exact) mass is 347 g/mol. The van der Waals surface area contributed by atoms with Crippen LogP contribution in [0.15, 0.2) is 6.20 Å². The van der Waals surface area contributed by atoms with Crippen molar-refractivity contribution in [2.45, 2.75) is 46.1 Å². The van der Waals surface area contributed by atoms with Gasteiger partial charge in [-0.2, -0.15) is 5.10 Å². The Bertz CT molecular complexity index is 612. The van der Waals surface area contributed by atoms with Crippen molar-refractivity contribution in [3.8, 4) is 0 Å². The smallest absolute Gasteiger partial charge is 0.317 e. The number of urea groups is 1. The predicted molar refractivity (Wildman–Crippen MR) is 94.9 cm³/mol. The summed E-state index contributed by atoms with van der Waals surface area (Å²) in [5.41, 5.74) is 2.27. The third kappa shape index (κ3) is 4.52. The summed E-state index contributed by atoms with van der Waals surface area (Å²) in [5, 5.41) is 10.0. The molecule has 0 bridgehead atoms. The lowest BCUT2D eigenvalue weighted by Crippen LogP contribution is -2.47. The van der Waals surface area contributed by atoms with Gasteiger partial charge in [0.2, 0.25) is 5.91 Å². The molecule has 0 spiro atoms. The van der Waals surface area contributed by atoms with Gasteiger partial charge in [0.1, 0.15) is 0 Å². The van der Waals surface area contributed by atoms with Crippen LogP contribution in [0.25, 0.3) is 0 Å². The van der Waals surface area contributed by atoms with E-state index in [0.717, 1.165) is 43.6 Å². The second kappa shape index (κ2) is 7.89. The van der Waals surface area contributed by atoms with Crippen molar-refractivity contribution >= 4 is 11.9 Å². The van der Waals surface area contributed by atoms with Crippen molar-refractivity contribution in [2.24, 2.45) is 11.8 Å². The van der Waals surface area contributed by atoms with E-state index >= 15 is 0 Å². The summed E-state index contributed by atoms with van der Waals surface area (Å²) >= 11 is 0. The van der Waals surface area contributed by atoms with Crippen LogP contribution in [0.2, 0.25) is 0 Å². The Kier molecular flexibility index (Phi) is 5.60. The Morgan fingerprint density at radius 2 is 2.20 bits per heavy atom. The number of aromatic nitrogens is 2. The molecule has 138 valence electrons. The van der Waals surface area contributed by atoms with E-state index in [0.29, 0.717) is 32.0 Å². The van der Waals surface area contributed by atoms with Crippen molar-refractivity contribution in [1.29, 1.82) is 0 Å². The molecule has 3 rings (SSSR count). The van der Waals surface area contributed by atoms with Crippen LogP contribution >= 0.6 is 0 Å². The Morgan fingerprint density at radius 1 is 1.36 bits per heavy atom. The van der Waals surface area contributed by atoms with E-state index in [2.05, 4.69) is 29.4 Å². The number of amides is 3. The number of piperidine rings is 1. The van der Waals surface area contributed by atoms with Crippen LogP contribution in [-0.2, 0) is 17.8 Å². The van der Waals surface area contributed by atoms with Gasteiger partial charge in [0.15, 0.2) is 0 Å². The van der Waals surface area contributed by atoms with Gasteiger partial charge in [0, 0.05) is 56.8 Å². The predicted octanol–water partition coefficient (Wildman–Crippen LogP) is 1.76. The van der Waals surface area contributed by atoms with E-state index < -0.39 is 0 Å². The minimum atomic E-state index is 0.00635. The van der Waals surface area contributed by atoms with Gasteiger partial charge < -0.3 is 15.1 Å². The van der Waals surface area contributed by atoms with E-state index in [-0.39, 0.29) is 17.9 Å². The Balaban J connectivity index is 1.49. The number of hydrogen-bond donors (Lipinski definition) is 2. The fourth-order valence-electron chi connectivity index (χ4n) is 3.63. The van der Waals surface area contributed by atoms with Gasteiger partial charge in [-0.15, -0.1) is 0 Å². The number of hydrogen-bond acceptors (Lipinski definition) is 3. The minimum Gasteiger partial charge on any atom is -0.338 e. The van der Waals surface area contributed by atoms with Crippen LogP contribution in [0.5, 0.6) is 0 Å². The first-order valence-electron chi connectivity index (χ1n) is 9.34. The number of carbonyl (C=O) groups is 2. The molecule has 2 N–H and O–H groups in total. The molecule has 0 saturated carbocycles. The molecule has 0 aliphatic carbocycles. The standard InChI is InChI=1S/C18H29N5O2/c1-13(2)9-19-18(25)23-6-3-4-14(11-23)8-17(24)22-7-5-16-15(12-22)10-20-21-16/h10,13-14H,3-9,11-12H2,1-2H3,(H,19,25)(H,20,21). The van der Waals surface area contributed by atoms with Crippen molar-refractivity contribution in [3.05, 3.63) is 17.5 Å². The molecule has 1 fully saturated rings. The average molecular weight is 347 g/mol. The highest BCUT2D eigenvalue weighted by atomic mass is 16.2. The van der Waals surface area contributed by atoms with Gasteiger partial charge in [-0.05, 0) is 24.7 Å². The Hall–Kier alpha value is -2.05. The summed E-state index contributed by atoms with van der Waals surface area (Å²) < 4.78 is 0. The molecule has 0 radical (unpaired) electrons. The van der Waals surface area contributed by atoms with Crippen LogP contribution in [-0.4, -0.2) is 58.1 Å². The highest BCUT2D eigenvalue weighted by Crippen LogP contribution is 2.23. The zero-order valence-corrected chi connectivity index (χ0v) is 15.3. The van der Waals surface area contributed by atoms with E-state index in [1.165, 1.54) is 0 Å². The van der Waals surface area contributed by atoms with Crippen molar-refractivity contribution in [1.82, 2.24) is 25.3 Å². The average Bonchev–Trinajstić information content (AvgIpc) is 3.07. The van der Waals surface area contributed by atoms with E-state index in [9.17, 15) is 9.59 Å². The van der Waals surface area contributed by atoms with E-state index in [1.807, 2.05) is 16.0 Å². The highest BCUT2D eigenvalue weighted by Gasteiger charge is 2.28. The lowest BCUT2D eigenvalue weighted by atomic mass is 9.94. The number of aromatic amines is 1. The van der Waals surface area contributed by atoms with Gasteiger partial charge in [-0.25, -0.2) is 4.79 Å². The number of nitrogens with zero attached hydrogens (tertiary/aromatic N) is 3. The fraction of sp³-hybridized carbons (Fsp3) is 0.722. The zero-order chi connectivity index (χ0) is 17.8. The molecule has 7 heteroatoms. The summed E-state index contributed by atoms with van der Waals surface area (Å²) in [4.78, 5) is 28.7. The quantitative estimate of drug-likeness (QED) is 0.871. The van der Waals surface area contributed by atoms with Crippen LogP contribution in [0.3, 0.4) is 0 Å². The zero-order valence-electron chi connectivity index (χ0n) is 15.3. The maximum atomic E-state index is 12.7. The van der Waals surface area contributed by atoms with Crippen LogP contribution in [0.1, 0.15) is 44.4 Å². The van der Waals surface area contributed by atoms with Crippen LogP contribution in [0.4, 0.5) is 4.79 Å². The number of rotatable bonds is 4. The molecule has 3 amide bonds. The SMILES string of the molecule is CC(C)CNC(=O)N1CCCC(CC(=O)N2CCc3[nH]ncc3C2)C1. The lowest BCUT2D eigenvalue weighted by Gasteiger charge is -2.34. The first-order chi connectivity index (χ1) is 12.0. The molecule has 1 aromatic rings. The molecule has 1 saturated heterocycles. The number of carbonyl (C=O) groups excluding carboxylic acids is 2. The van der Waals surface area contributed by atoms with Gasteiger partial charge in [0.05, 0.1) is 6.20 Å². The lowest BCUT2D eigenvalue weighted by molar-refractivity contribution is -0.133. The molecular weight excluding hydrogens is 318 g/mol. The van der Waals surface area contributed by atoms with Crippen LogP contribution in [0, 0.1) is 11.8 Å². The first-order valence-corrected chi connectivity index (χ1v) is 9.34. The first kappa shape index (κ1) is 17.8. The third-order valence-electron chi connectivity index (χ3n) is 5.08. The normalized spacial score (nSPS) is 20.5. The van der Waals surface area contributed by atoms with E-state index in [4.69, 9.17) is 0 Å². The summed E-state index contributed by atoms with van der Waals surface area (Å²) in [7, 11) is 0. The van der Waals surface area contributed by atoms with Gasteiger partial charge >= 0.3 is 6.03 Å². The molecule has 2 aliphatic heterocycles.